The fourth-order valence-electron chi connectivity index (χ4n) is 3.81. The van der Waals surface area contributed by atoms with E-state index in [9.17, 15) is 18.3 Å². The SMILES string of the molecule is C[C@@H]1CN([C@@H](C)CO)C(=O)c2cc(C#CCN(C)C)cnc2O[C@@H]1CN(C)S(=O)(=O)c1ccccc1. The monoisotopic (exact) mass is 514 g/mol. The molecule has 0 radical (unpaired) electrons. The molecule has 2 heterocycles. The largest absolute Gasteiger partial charge is 0.472 e. The molecule has 0 aliphatic carbocycles. The summed E-state index contributed by atoms with van der Waals surface area (Å²) in [6.07, 6.45) is 0.953. The summed E-state index contributed by atoms with van der Waals surface area (Å²) in [7, 11) is 1.59. The van der Waals surface area contributed by atoms with Crippen molar-refractivity contribution in [2.24, 2.45) is 5.92 Å². The van der Waals surface area contributed by atoms with Crippen LogP contribution in [0.5, 0.6) is 5.88 Å². The number of hydrogen-bond donors (Lipinski definition) is 1. The summed E-state index contributed by atoms with van der Waals surface area (Å²) >= 11 is 0. The fourth-order valence-corrected chi connectivity index (χ4v) is 5.02. The molecule has 0 saturated carbocycles. The number of hydrogen-bond acceptors (Lipinski definition) is 7. The van der Waals surface area contributed by atoms with Crippen molar-refractivity contribution in [3.63, 3.8) is 0 Å². The van der Waals surface area contributed by atoms with E-state index in [0.29, 0.717) is 12.1 Å². The summed E-state index contributed by atoms with van der Waals surface area (Å²) < 4.78 is 33.7. The van der Waals surface area contributed by atoms with Gasteiger partial charge >= 0.3 is 0 Å². The van der Waals surface area contributed by atoms with Gasteiger partial charge in [0, 0.05) is 31.3 Å². The van der Waals surface area contributed by atoms with Crippen LogP contribution in [0.2, 0.25) is 0 Å². The number of aliphatic hydroxyl groups excluding tert-OH is 1. The van der Waals surface area contributed by atoms with Gasteiger partial charge in [-0.05, 0) is 39.2 Å². The Morgan fingerprint density at radius 3 is 2.58 bits per heavy atom. The first kappa shape index (κ1) is 27.6. The maximum absolute atomic E-state index is 13.5. The Kier molecular flexibility index (Phi) is 9.08. The van der Waals surface area contributed by atoms with Gasteiger partial charge in [0.05, 0.1) is 30.6 Å². The van der Waals surface area contributed by atoms with Crippen LogP contribution in [0.4, 0.5) is 0 Å². The first-order valence-electron chi connectivity index (χ1n) is 11.8. The molecule has 1 aliphatic heterocycles. The zero-order valence-corrected chi connectivity index (χ0v) is 22.2. The lowest BCUT2D eigenvalue weighted by Gasteiger charge is -2.37. The Hall–Kier alpha value is -2.97. The highest BCUT2D eigenvalue weighted by molar-refractivity contribution is 7.89. The van der Waals surface area contributed by atoms with Crippen LogP contribution in [0.1, 0.15) is 29.8 Å². The molecule has 1 N–H and O–H groups in total. The van der Waals surface area contributed by atoms with Crippen LogP contribution in [0, 0.1) is 17.8 Å². The van der Waals surface area contributed by atoms with Crippen molar-refractivity contribution in [2.45, 2.75) is 30.9 Å². The number of amides is 1. The summed E-state index contributed by atoms with van der Waals surface area (Å²) in [6, 6.07) is 9.40. The van der Waals surface area contributed by atoms with E-state index < -0.39 is 22.2 Å². The van der Waals surface area contributed by atoms with E-state index in [1.54, 1.807) is 54.4 Å². The zero-order chi connectivity index (χ0) is 26.5. The number of fused-ring (bicyclic) bond motifs is 1. The van der Waals surface area contributed by atoms with Gasteiger partial charge in [0.15, 0.2) is 0 Å². The van der Waals surface area contributed by atoms with Crippen LogP contribution < -0.4 is 4.74 Å². The third kappa shape index (κ3) is 6.42. The Morgan fingerprint density at radius 1 is 1.25 bits per heavy atom. The van der Waals surface area contributed by atoms with Gasteiger partial charge in [0.1, 0.15) is 11.7 Å². The van der Waals surface area contributed by atoms with Crippen LogP contribution in [-0.4, -0.2) is 98.1 Å². The molecule has 0 saturated heterocycles. The average Bonchev–Trinajstić information content (AvgIpc) is 2.86. The third-order valence-corrected chi connectivity index (χ3v) is 7.88. The number of aromatic nitrogens is 1. The van der Waals surface area contributed by atoms with Crippen molar-refractivity contribution in [1.82, 2.24) is 19.1 Å². The molecule has 0 spiro atoms. The molecule has 194 valence electrons. The highest BCUT2D eigenvalue weighted by Gasteiger charge is 2.35. The summed E-state index contributed by atoms with van der Waals surface area (Å²) in [6.45, 7) is 4.33. The molecule has 1 aromatic carbocycles. The van der Waals surface area contributed by atoms with Gasteiger partial charge in [0.25, 0.3) is 5.91 Å². The van der Waals surface area contributed by atoms with Gasteiger partial charge in [-0.25, -0.2) is 13.4 Å². The van der Waals surface area contributed by atoms with Crippen LogP contribution in [0.25, 0.3) is 0 Å². The van der Waals surface area contributed by atoms with Crippen molar-refractivity contribution in [1.29, 1.82) is 0 Å². The minimum Gasteiger partial charge on any atom is -0.472 e. The molecular formula is C26H34N4O5S. The molecule has 0 unspecified atom stereocenters. The molecule has 1 aromatic heterocycles. The van der Waals surface area contributed by atoms with Gasteiger partial charge in [0.2, 0.25) is 15.9 Å². The second kappa shape index (κ2) is 11.8. The second-order valence-corrected chi connectivity index (χ2v) is 11.4. The molecule has 1 aliphatic rings. The number of carbonyl (C=O) groups excluding carboxylic acids is 1. The van der Waals surface area contributed by atoms with Gasteiger partial charge in [-0.2, -0.15) is 4.31 Å². The van der Waals surface area contributed by atoms with E-state index in [4.69, 9.17) is 4.74 Å². The molecule has 3 atom stereocenters. The Balaban J connectivity index is 1.97. The molecule has 1 amide bonds. The zero-order valence-electron chi connectivity index (χ0n) is 21.4. The second-order valence-electron chi connectivity index (χ2n) is 9.34. The van der Waals surface area contributed by atoms with Crippen molar-refractivity contribution >= 4 is 15.9 Å². The lowest BCUT2D eigenvalue weighted by molar-refractivity contribution is 0.0373. The van der Waals surface area contributed by atoms with Gasteiger partial charge in [-0.3, -0.25) is 9.69 Å². The minimum atomic E-state index is -3.74. The molecule has 2 aromatic rings. The summed E-state index contributed by atoms with van der Waals surface area (Å²) in [4.78, 5) is 21.6. The Bertz CT molecular complexity index is 1220. The van der Waals surface area contributed by atoms with Crippen LogP contribution in [0.3, 0.4) is 0 Å². The molecular weight excluding hydrogens is 480 g/mol. The fraction of sp³-hybridized carbons (Fsp3) is 0.462. The summed E-state index contributed by atoms with van der Waals surface area (Å²) in [5, 5.41) is 9.81. The first-order valence-corrected chi connectivity index (χ1v) is 13.2. The van der Waals surface area contributed by atoms with E-state index in [1.807, 2.05) is 25.9 Å². The standard InChI is InChI=1S/C26H34N4O5S/c1-19-16-30(20(2)18-31)26(32)23-14-21(10-9-13-28(3)4)15-27-25(23)35-24(19)17-29(5)36(33,34)22-11-7-6-8-12-22/h6-8,11-12,14-15,19-20,24,31H,13,16-18H2,1-5H3/t19-,20+,24-/m1/s1. The molecule has 0 bridgehead atoms. The minimum absolute atomic E-state index is 0.0550. The van der Waals surface area contributed by atoms with Gasteiger partial charge in [-0.15, -0.1) is 0 Å². The number of sulfonamides is 1. The normalized spacial score (nSPS) is 19.1. The number of pyridine rings is 1. The topological polar surface area (TPSA) is 103 Å². The van der Waals surface area contributed by atoms with E-state index in [2.05, 4.69) is 16.8 Å². The predicted octanol–water partition coefficient (Wildman–Crippen LogP) is 1.54. The number of nitrogens with zero attached hydrogens (tertiary/aromatic N) is 4. The van der Waals surface area contributed by atoms with E-state index >= 15 is 0 Å². The van der Waals surface area contributed by atoms with Gasteiger partial charge < -0.3 is 14.7 Å². The maximum atomic E-state index is 13.5. The van der Waals surface area contributed by atoms with Crippen LogP contribution >= 0.6 is 0 Å². The van der Waals surface area contributed by atoms with Crippen molar-refractivity contribution in [3.8, 4) is 17.7 Å². The van der Waals surface area contributed by atoms with Crippen molar-refractivity contribution < 1.29 is 23.1 Å². The number of rotatable bonds is 7. The number of aliphatic hydroxyl groups is 1. The Morgan fingerprint density at radius 2 is 1.94 bits per heavy atom. The van der Waals surface area contributed by atoms with E-state index in [-0.39, 0.29) is 47.9 Å². The number of likely N-dealkylation sites (N-methyl/N-ethyl adjacent to an activating group) is 1. The molecule has 3 rings (SSSR count). The Labute approximate surface area is 213 Å². The quantitative estimate of drug-likeness (QED) is 0.559. The first-order chi connectivity index (χ1) is 17.0. The average molecular weight is 515 g/mol. The maximum Gasteiger partial charge on any atom is 0.259 e. The molecule has 10 heteroatoms. The highest BCUT2D eigenvalue weighted by atomic mass is 32.2. The van der Waals surface area contributed by atoms with Crippen molar-refractivity contribution in [2.75, 3.05) is 47.4 Å². The molecule has 0 fully saturated rings. The predicted molar refractivity (Wildman–Crippen MR) is 137 cm³/mol. The lowest BCUT2D eigenvalue weighted by Crippen LogP contribution is -2.50. The van der Waals surface area contributed by atoms with E-state index in [1.165, 1.54) is 11.4 Å². The van der Waals surface area contributed by atoms with Gasteiger partial charge in [-0.1, -0.05) is 37.0 Å². The smallest absolute Gasteiger partial charge is 0.259 e. The highest BCUT2D eigenvalue weighted by Crippen LogP contribution is 2.28. The van der Waals surface area contributed by atoms with Crippen LogP contribution in [-0.2, 0) is 10.0 Å². The molecule has 9 nitrogen and oxygen atoms in total. The summed E-state index contributed by atoms with van der Waals surface area (Å²) in [5.41, 5.74) is 0.801. The number of carbonyl (C=O) groups is 1. The van der Waals surface area contributed by atoms with Crippen molar-refractivity contribution in [3.05, 3.63) is 53.7 Å². The van der Waals surface area contributed by atoms with Crippen LogP contribution in [0.15, 0.2) is 47.5 Å². The number of ether oxygens (including phenoxy) is 1. The number of benzene rings is 1. The van der Waals surface area contributed by atoms with E-state index in [0.717, 1.165) is 0 Å². The third-order valence-electron chi connectivity index (χ3n) is 6.04. The lowest BCUT2D eigenvalue weighted by atomic mass is 10.0. The molecule has 36 heavy (non-hydrogen) atoms. The summed E-state index contributed by atoms with van der Waals surface area (Å²) in [5.74, 6) is 5.60.